The molecular formula is C22H16N2O3S. The van der Waals surface area contributed by atoms with Gasteiger partial charge in [0.05, 0.1) is 10.6 Å². The number of phenolic OH excluding ortho intramolecular Hbond substituents is 1. The van der Waals surface area contributed by atoms with Gasteiger partial charge >= 0.3 is 0 Å². The summed E-state index contributed by atoms with van der Waals surface area (Å²) in [6.07, 6.45) is 1.65. The number of nitrogens with zero attached hydrogens (tertiary/aromatic N) is 1. The molecule has 1 saturated heterocycles. The maximum Gasteiger partial charge on any atom is 0.264 e. The third kappa shape index (κ3) is 4.24. The summed E-state index contributed by atoms with van der Waals surface area (Å²) in [5.74, 6) is 1.36. The van der Waals surface area contributed by atoms with Crippen LogP contribution >= 0.6 is 11.8 Å². The van der Waals surface area contributed by atoms with E-state index < -0.39 is 0 Å². The normalized spacial score (nSPS) is 16.4. The molecule has 0 atom stereocenters. The number of para-hydroxylation sites is 2. The number of aromatic hydroxyl groups is 1. The molecular weight excluding hydrogens is 372 g/mol. The van der Waals surface area contributed by atoms with Crippen LogP contribution in [0, 0.1) is 0 Å². The Bertz CT molecular complexity index is 1060. The van der Waals surface area contributed by atoms with Gasteiger partial charge in [0, 0.05) is 5.56 Å². The molecule has 6 heteroatoms. The van der Waals surface area contributed by atoms with E-state index in [4.69, 9.17) is 4.74 Å². The summed E-state index contributed by atoms with van der Waals surface area (Å²) in [7, 11) is 0. The van der Waals surface area contributed by atoms with Crippen molar-refractivity contribution < 1.29 is 14.6 Å². The Balaban J connectivity index is 1.47. The van der Waals surface area contributed by atoms with Crippen LogP contribution in [0.5, 0.6) is 17.2 Å². The number of amides is 1. The van der Waals surface area contributed by atoms with Crippen LogP contribution in [-0.2, 0) is 4.79 Å². The van der Waals surface area contributed by atoms with Crippen molar-refractivity contribution in [2.45, 2.75) is 0 Å². The highest BCUT2D eigenvalue weighted by molar-refractivity contribution is 8.18. The number of thioether (sulfide) groups is 1. The minimum atomic E-state index is -0.240. The number of benzene rings is 3. The highest BCUT2D eigenvalue weighted by atomic mass is 32.2. The van der Waals surface area contributed by atoms with Crippen molar-refractivity contribution in [2.75, 3.05) is 0 Å². The Morgan fingerprint density at radius 2 is 1.57 bits per heavy atom. The number of phenols is 1. The number of aliphatic imine (C=N–C) groups is 1. The predicted molar refractivity (Wildman–Crippen MR) is 112 cm³/mol. The van der Waals surface area contributed by atoms with Crippen LogP contribution in [-0.4, -0.2) is 16.2 Å². The molecule has 1 amide bonds. The summed E-state index contributed by atoms with van der Waals surface area (Å²) in [4.78, 5) is 17.1. The average molecular weight is 388 g/mol. The van der Waals surface area contributed by atoms with E-state index in [-0.39, 0.29) is 11.7 Å². The lowest BCUT2D eigenvalue weighted by molar-refractivity contribution is -0.115. The molecule has 28 heavy (non-hydrogen) atoms. The maximum absolute atomic E-state index is 12.2. The fourth-order valence-corrected chi connectivity index (χ4v) is 3.39. The molecule has 5 nitrogen and oxygen atoms in total. The van der Waals surface area contributed by atoms with E-state index in [9.17, 15) is 9.90 Å². The summed E-state index contributed by atoms with van der Waals surface area (Å²) in [5.41, 5.74) is 1.29. The van der Waals surface area contributed by atoms with E-state index in [1.165, 1.54) is 11.8 Å². The van der Waals surface area contributed by atoms with Gasteiger partial charge in [-0.15, -0.1) is 0 Å². The van der Waals surface area contributed by atoms with E-state index in [1.54, 1.807) is 30.3 Å². The van der Waals surface area contributed by atoms with Crippen LogP contribution in [0.3, 0.4) is 0 Å². The van der Waals surface area contributed by atoms with E-state index in [0.29, 0.717) is 27.1 Å². The second-order valence-electron chi connectivity index (χ2n) is 5.95. The number of hydrogen-bond donors (Lipinski definition) is 2. The second kappa shape index (κ2) is 8.02. The summed E-state index contributed by atoms with van der Waals surface area (Å²) < 4.78 is 5.76. The number of carbonyl (C=O) groups excluding carboxylic acids is 1. The van der Waals surface area contributed by atoms with Crippen molar-refractivity contribution in [3.8, 4) is 17.2 Å². The molecule has 1 heterocycles. The topological polar surface area (TPSA) is 70.9 Å². The Labute approximate surface area is 166 Å². The van der Waals surface area contributed by atoms with Crippen molar-refractivity contribution in [1.82, 2.24) is 5.32 Å². The number of carbonyl (C=O) groups is 1. The van der Waals surface area contributed by atoms with Crippen LogP contribution in [0.4, 0.5) is 5.69 Å². The molecule has 1 aliphatic heterocycles. The van der Waals surface area contributed by atoms with Gasteiger partial charge in [-0.1, -0.05) is 36.4 Å². The molecule has 0 bridgehead atoms. The Hall–Kier alpha value is -3.51. The third-order valence-corrected chi connectivity index (χ3v) is 4.83. The number of rotatable bonds is 4. The minimum Gasteiger partial charge on any atom is -0.507 e. The number of nitrogens with one attached hydrogen (secondary N) is 1. The van der Waals surface area contributed by atoms with Crippen molar-refractivity contribution in [1.29, 1.82) is 0 Å². The smallest absolute Gasteiger partial charge is 0.264 e. The molecule has 4 rings (SSSR count). The molecule has 3 aromatic rings. The van der Waals surface area contributed by atoms with E-state index in [2.05, 4.69) is 10.3 Å². The highest BCUT2D eigenvalue weighted by Crippen LogP contribution is 2.31. The lowest BCUT2D eigenvalue weighted by atomic mass is 10.2. The summed E-state index contributed by atoms with van der Waals surface area (Å²) in [5, 5.41) is 13.1. The number of ether oxygens (including phenoxy) is 1. The van der Waals surface area contributed by atoms with Crippen LogP contribution in [0.1, 0.15) is 5.56 Å². The van der Waals surface area contributed by atoms with Gasteiger partial charge in [-0.05, 0) is 60.3 Å². The zero-order valence-electron chi connectivity index (χ0n) is 14.7. The first-order chi connectivity index (χ1) is 13.7. The molecule has 138 valence electrons. The summed E-state index contributed by atoms with van der Waals surface area (Å²) in [6.45, 7) is 0. The van der Waals surface area contributed by atoms with E-state index >= 15 is 0 Å². The molecule has 0 spiro atoms. The van der Waals surface area contributed by atoms with Gasteiger partial charge in [0.15, 0.2) is 5.17 Å². The quantitative estimate of drug-likeness (QED) is 0.612. The monoisotopic (exact) mass is 388 g/mol. The molecule has 0 unspecified atom stereocenters. The van der Waals surface area contributed by atoms with Gasteiger partial charge in [-0.25, -0.2) is 4.99 Å². The van der Waals surface area contributed by atoms with E-state index in [1.807, 2.05) is 54.6 Å². The standard InChI is InChI=1S/C22H16N2O3S/c25-19-9-5-4-6-15(19)14-20-21(26)24-22(28-20)23-16-10-12-18(13-11-16)27-17-7-2-1-3-8-17/h1-14,25H,(H,23,24,26)/b20-14+. The Kier molecular flexibility index (Phi) is 5.12. The average Bonchev–Trinajstić information content (AvgIpc) is 3.05. The van der Waals surface area contributed by atoms with Gasteiger partial charge in [-0.2, -0.15) is 0 Å². The van der Waals surface area contributed by atoms with Crippen molar-refractivity contribution in [2.24, 2.45) is 4.99 Å². The highest BCUT2D eigenvalue weighted by Gasteiger charge is 2.24. The van der Waals surface area contributed by atoms with Gasteiger partial charge < -0.3 is 15.2 Å². The molecule has 3 aromatic carbocycles. The lowest BCUT2D eigenvalue weighted by Crippen LogP contribution is -2.19. The largest absolute Gasteiger partial charge is 0.507 e. The van der Waals surface area contributed by atoms with Crippen molar-refractivity contribution >= 4 is 34.6 Å². The summed E-state index contributed by atoms with van der Waals surface area (Å²) in [6, 6.07) is 23.7. The predicted octanol–water partition coefficient (Wildman–Crippen LogP) is 5.08. The first-order valence-corrected chi connectivity index (χ1v) is 9.39. The molecule has 0 saturated carbocycles. The SMILES string of the molecule is O=C1NC(=Nc2ccc(Oc3ccccc3)cc2)S/C1=C/c1ccccc1O. The molecule has 1 aliphatic rings. The number of amidine groups is 1. The molecule has 1 fully saturated rings. The van der Waals surface area contributed by atoms with Crippen LogP contribution in [0.15, 0.2) is 88.8 Å². The minimum absolute atomic E-state index is 0.128. The van der Waals surface area contributed by atoms with Crippen molar-refractivity contribution in [3.63, 3.8) is 0 Å². The lowest BCUT2D eigenvalue weighted by Gasteiger charge is -2.05. The first kappa shape index (κ1) is 17.9. The Morgan fingerprint density at radius 1 is 0.893 bits per heavy atom. The maximum atomic E-state index is 12.2. The first-order valence-electron chi connectivity index (χ1n) is 8.58. The van der Waals surface area contributed by atoms with Crippen molar-refractivity contribution in [3.05, 3.63) is 89.3 Å². The zero-order chi connectivity index (χ0) is 19.3. The molecule has 0 aliphatic carbocycles. The number of hydrogen-bond acceptors (Lipinski definition) is 5. The van der Waals surface area contributed by atoms with E-state index in [0.717, 1.165) is 5.75 Å². The zero-order valence-corrected chi connectivity index (χ0v) is 15.5. The molecule has 0 radical (unpaired) electrons. The molecule has 0 aromatic heterocycles. The fraction of sp³-hybridized carbons (Fsp3) is 0. The second-order valence-corrected chi connectivity index (χ2v) is 6.98. The molecule has 2 N–H and O–H groups in total. The fourth-order valence-electron chi connectivity index (χ4n) is 2.56. The summed E-state index contributed by atoms with van der Waals surface area (Å²) >= 11 is 1.23. The van der Waals surface area contributed by atoms with Crippen LogP contribution in [0.25, 0.3) is 6.08 Å². The Morgan fingerprint density at radius 3 is 2.32 bits per heavy atom. The van der Waals surface area contributed by atoms with Gasteiger partial charge in [-0.3, -0.25) is 4.79 Å². The van der Waals surface area contributed by atoms with Gasteiger partial charge in [0.1, 0.15) is 17.2 Å². The van der Waals surface area contributed by atoms with Crippen LogP contribution in [0.2, 0.25) is 0 Å². The van der Waals surface area contributed by atoms with Gasteiger partial charge in [0.25, 0.3) is 5.91 Å². The third-order valence-electron chi connectivity index (χ3n) is 3.92. The van der Waals surface area contributed by atoms with Crippen LogP contribution < -0.4 is 10.1 Å². The van der Waals surface area contributed by atoms with Gasteiger partial charge in [0.2, 0.25) is 0 Å².